The number of hydrogen-bond acceptors (Lipinski definition) is 7. The first-order valence-electron chi connectivity index (χ1n) is 7.47. The highest BCUT2D eigenvalue weighted by Crippen LogP contribution is 2.42. The maximum Gasteiger partial charge on any atom is 0.305 e. The molecule has 0 radical (unpaired) electrons. The van der Waals surface area contributed by atoms with E-state index >= 15 is 0 Å². The minimum Gasteiger partial charge on any atom is -0.493 e. The Kier molecular flexibility index (Phi) is 7.87. The van der Waals surface area contributed by atoms with Gasteiger partial charge < -0.3 is 19.9 Å². The molecule has 11 heteroatoms. The molecule has 1 amide bonds. The number of hydrogen-bond donors (Lipinski definition) is 2. The van der Waals surface area contributed by atoms with E-state index in [0.717, 1.165) is 11.8 Å². The molecule has 2 N–H and O–H groups in total. The van der Waals surface area contributed by atoms with Crippen molar-refractivity contribution in [3.63, 3.8) is 0 Å². The number of thioether (sulfide) groups is 1. The summed E-state index contributed by atoms with van der Waals surface area (Å²) < 4.78 is 12.3. The number of benzene rings is 1. The standard InChI is InChI=1S/C16H15Br2N3O5S/c1-3-4-26-14-9(25-2)5-8(12(17)13(14)18)7-19-21-16-20-15(24)10(27-16)6-11(22)23/h3,5,7,10H,1,4,6H2,2H3,(H,22,23)(H,20,21,24). The van der Waals surface area contributed by atoms with Gasteiger partial charge in [-0.15, -0.1) is 5.10 Å². The van der Waals surface area contributed by atoms with Crippen molar-refractivity contribution in [2.45, 2.75) is 11.7 Å². The number of methoxy groups -OCH3 is 1. The Morgan fingerprint density at radius 3 is 2.85 bits per heavy atom. The Labute approximate surface area is 176 Å². The number of carboxylic acid groups (broad SMARTS) is 1. The highest BCUT2D eigenvalue weighted by molar-refractivity contribution is 9.13. The first-order chi connectivity index (χ1) is 12.9. The summed E-state index contributed by atoms with van der Waals surface area (Å²) in [5.41, 5.74) is 0.658. The van der Waals surface area contributed by atoms with Gasteiger partial charge in [0, 0.05) is 10.0 Å². The average Bonchev–Trinajstić information content (AvgIpc) is 2.96. The topological polar surface area (TPSA) is 110 Å². The number of ether oxygens (including phenoxy) is 2. The van der Waals surface area contributed by atoms with Crippen LogP contribution in [0.2, 0.25) is 0 Å². The van der Waals surface area contributed by atoms with Gasteiger partial charge in [0.25, 0.3) is 0 Å². The number of nitrogens with one attached hydrogen (secondary N) is 1. The van der Waals surface area contributed by atoms with Crippen molar-refractivity contribution in [3.05, 3.63) is 33.2 Å². The number of carbonyl (C=O) groups is 2. The fraction of sp³-hybridized carbons (Fsp3) is 0.250. The summed E-state index contributed by atoms with van der Waals surface area (Å²) >= 11 is 7.94. The second kappa shape index (κ2) is 9.90. The van der Waals surface area contributed by atoms with Gasteiger partial charge in [0.15, 0.2) is 16.7 Å². The van der Waals surface area contributed by atoms with Crippen molar-refractivity contribution >= 4 is 66.9 Å². The maximum atomic E-state index is 11.7. The normalized spacial score (nSPS) is 18.0. The van der Waals surface area contributed by atoms with Crippen LogP contribution in [0.15, 0.2) is 37.9 Å². The third-order valence-electron chi connectivity index (χ3n) is 3.20. The summed E-state index contributed by atoms with van der Waals surface area (Å²) in [5, 5.41) is 18.7. The number of aliphatic carboxylic acids is 1. The molecule has 144 valence electrons. The van der Waals surface area contributed by atoms with Gasteiger partial charge in [0.1, 0.15) is 11.9 Å². The number of carboxylic acids is 1. The van der Waals surface area contributed by atoms with Gasteiger partial charge in [-0.05, 0) is 37.9 Å². The molecular formula is C16H15Br2N3O5S. The van der Waals surface area contributed by atoms with Crippen LogP contribution < -0.4 is 14.8 Å². The van der Waals surface area contributed by atoms with Gasteiger partial charge in [-0.1, -0.05) is 24.4 Å². The predicted octanol–water partition coefficient (Wildman–Crippen LogP) is 3.18. The first-order valence-corrected chi connectivity index (χ1v) is 9.94. The number of carbonyl (C=O) groups excluding carboxylic acids is 1. The molecule has 1 aromatic rings. The van der Waals surface area contributed by atoms with Crippen molar-refractivity contribution in [1.29, 1.82) is 0 Å². The smallest absolute Gasteiger partial charge is 0.305 e. The number of halogens is 2. The fourth-order valence-electron chi connectivity index (χ4n) is 2.02. The number of amides is 1. The van der Waals surface area contributed by atoms with Crippen molar-refractivity contribution in [3.8, 4) is 11.5 Å². The van der Waals surface area contributed by atoms with E-state index in [2.05, 4.69) is 54.0 Å². The third kappa shape index (κ3) is 5.56. The van der Waals surface area contributed by atoms with Crippen LogP contribution in [0.5, 0.6) is 11.5 Å². The zero-order chi connectivity index (χ0) is 20.0. The Morgan fingerprint density at radius 2 is 2.22 bits per heavy atom. The first kappa shape index (κ1) is 21.5. The van der Waals surface area contributed by atoms with Crippen LogP contribution in [-0.4, -0.2) is 47.3 Å². The minimum absolute atomic E-state index is 0.246. The van der Waals surface area contributed by atoms with E-state index in [-0.39, 0.29) is 11.6 Å². The lowest BCUT2D eigenvalue weighted by atomic mass is 10.2. The summed E-state index contributed by atoms with van der Waals surface area (Å²) in [7, 11) is 1.52. The van der Waals surface area contributed by atoms with Gasteiger partial charge in [0.05, 0.1) is 24.2 Å². The molecule has 2 rings (SSSR count). The molecule has 0 spiro atoms. The van der Waals surface area contributed by atoms with Gasteiger partial charge in [0.2, 0.25) is 5.91 Å². The molecule has 1 saturated heterocycles. The van der Waals surface area contributed by atoms with E-state index in [4.69, 9.17) is 14.6 Å². The van der Waals surface area contributed by atoms with Gasteiger partial charge in [-0.2, -0.15) is 5.10 Å². The monoisotopic (exact) mass is 519 g/mol. The zero-order valence-corrected chi connectivity index (χ0v) is 18.1. The van der Waals surface area contributed by atoms with Crippen molar-refractivity contribution < 1.29 is 24.2 Å². The molecular weight excluding hydrogens is 506 g/mol. The second-order valence-corrected chi connectivity index (χ2v) is 7.85. The van der Waals surface area contributed by atoms with E-state index in [1.165, 1.54) is 13.3 Å². The molecule has 1 aliphatic heterocycles. The molecule has 0 saturated carbocycles. The molecule has 1 atom stereocenters. The Balaban J connectivity index is 2.19. The maximum absolute atomic E-state index is 11.7. The fourth-order valence-corrected chi connectivity index (χ4v) is 3.87. The summed E-state index contributed by atoms with van der Waals surface area (Å²) in [4.78, 5) is 22.4. The lowest BCUT2D eigenvalue weighted by Crippen LogP contribution is -2.26. The van der Waals surface area contributed by atoms with E-state index in [1.54, 1.807) is 12.1 Å². The second-order valence-electron chi connectivity index (χ2n) is 5.07. The largest absolute Gasteiger partial charge is 0.493 e. The Bertz CT molecular complexity index is 829. The Morgan fingerprint density at radius 1 is 1.48 bits per heavy atom. The van der Waals surface area contributed by atoms with Crippen LogP contribution in [0.1, 0.15) is 12.0 Å². The number of amidine groups is 1. The predicted molar refractivity (Wildman–Crippen MR) is 111 cm³/mol. The highest BCUT2D eigenvalue weighted by Gasteiger charge is 2.32. The van der Waals surface area contributed by atoms with Crippen LogP contribution >= 0.6 is 43.6 Å². The highest BCUT2D eigenvalue weighted by atomic mass is 79.9. The van der Waals surface area contributed by atoms with E-state index < -0.39 is 17.1 Å². The molecule has 0 aromatic heterocycles. The number of rotatable bonds is 8. The quantitative estimate of drug-likeness (QED) is 0.309. The van der Waals surface area contributed by atoms with Gasteiger partial charge in [-0.25, -0.2) is 0 Å². The van der Waals surface area contributed by atoms with Crippen molar-refractivity contribution in [1.82, 2.24) is 5.32 Å². The third-order valence-corrected chi connectivity index (χ3v) is 6.42. The van der Waals surface area contributed by atoms with E-state index in [9.17, 15) is 9.59 Å². The van der Waals surface area contributed by atoms with Gasteiger partial charge >= 0.3 is 5.97 Å². The van der Waals surface area contributed by atoms with Crippen LogP contribution in [0.25, 0.3) is 0 Å². The van der Waals surface area contributed by atoms with Crippen molar-refractivity contribution in [2.24, 2.45) is 10.2 Å². The molecule has 27 heavy (non-hydrogen) atoms. The molecule has 8 nitrogen and oxygen atoms in total. The molecule has 0 bridgehead atoms. The molecule has 1 fully saturated rings. The molecule has 0 aliphatic carbocycles. The average molecular weight is 521 g/mol. The van der Waals surface area contributed by atoms with Gasteiger partial charge in [-0.3, -0.25) is 9.59 Å². The molecule has 1 aromatic carbocycles. The molecule has 1 unspecified atom stereocenters. The Hall–Kier alpha value is -1.85. The summed E-state index contributed by atoms with van der Waals surface area (Å²) in [5.74, 6) is -0.438. The lowest BCUT2D eigenvalue weighted by molar-refractivity contribution is -0.138. The zero-order valence-electron chi connectivity index (χ0n) is 14.1. The molecule has 1 heterocycles. The number of nitrogens with zero attached hydrogens (tertiary/aromatic N) is 2. The van der Waals surface area contributed by atoms with Crippen LogP contribution in [0, 0.1) is 0 Å². The van der Waals surface area contributed by atoms with Crippen molar-refractivity contribution in [2.75, 3.05) is 13.7 Å². The minimum atomic E-state index is -1.05. The van der Waals surface area contributed by atoms with Crippen LogP contribution in [0.3, 0.4) is 0 Å². The summed E-state index contributed by atoms with van der Waals surface area (Å²) in [6.07, 6.45) is 2.82. The van der Waals surface area contributed by atoms with E-state index in [1.807, 2.05) is 0 Å². The lowest BCUT2D eigenvalue weighted by Gasteiger charge is -2.14. The van der Waals surface area contributed by atoms with Crippen LogP contribution in [0.4, 0.5) is 0 Å². The van der Waals surface area contributed by atoms with Crippen LogP contribution in [-0.2, 0) is 9.59 Å². The summed E-state index contributed by atoms with van der Waals surface area (Å²) in [6.45, 7) is 3.93. The SMILES string of the molecule is C=CCOc1c(OC)cc(C=NN=C2NC(=O)C(CC(=O)O)S2)c(Br)c1Br. The molecule has 1 aliphatic rings. The van der Waals surface area contributed by atoms with E-state index in [0.29, 0.717) is 32.6 Å². The summed E-state index contributed by atoms with van der Waals surface area (Å²) in [6, 6.07) is 1.71.